The summed E-state index contributed by atoms with van der Waals surface area (Å²) in [5.74, 6) is -0.731. The fraction of sp³-hybridized carbons (Fsp3) is 0.286. The number of para-hydroxylation sites is 2. The third-order valence-electron chi connectivity index (χ3n) is 3.18. The van der Waals surface area contributed by atoms with Gasteiger partial charge in [0.25, 0.3) is 5.91 Å². The lowest BCUT2D eigenvalue weighted by atomic mass is 10.1. The van der Waals surface area contributed by atoms with Crippen LogP contribution >= 0.6 is 0 Å². The fourth-order valence-electron chi connectivity index (χ4n) is 1.90. The lowest BCUT2D eigenvalue weighted by Gasteiger charge is -2.29. The van der Waals surface area contributed by atoms with Crippen molar-refractivity contribution >= 4 is 17.6 Å². The molecule has 0 radical (unpaired) electrons. The maximum atomic E-state index is 12.4. The third-order valence-corrected chi connectivity index (χ3v) is 3.18. The van der Waals surface area contributed by atoms with Gasteiger partial charge >= 0.3 is 5.97 Å². The summed E-state index contributed by atoms with van der Waals surface area (Å²) in [6.07, 6.45) is 0. The molecule has 0 saturated heterocycles. The predicted molar refractivity (Wildman–Crippen MR) is 70.3 cm³/mol. The molecule has 1 heterocycles. The van der Waals surface area contributed by atoms with Crippen LogP contribution in [0.4, 0.5) is 5.69 Å². The van der Waals surface area contributed by atoms with Gasteiger partial charge in [0.1, 0.15) is 12.4 Å². The summed E-state index contributed by atoms with van der Waals surface area (Å²) in [6.45, 7) is 3.79. The first-order chi connectivity index (χ1) is 9.02. The standard InChI is InChI=1S/C14H15NO4/c1-9(10(2)14(17)18)13(16)15-7-8-19-12-6-4-3-5-11(12)15/h3-6H,7-8H2,1-2H3,(H,17,18). The van der Waals surface area contributed by atoms with Crippen molar-refractivity contribution in [3.63, 3.8) is 0 Å². The number of carbonyl (C=O) groups excluding carboxylic acids is 1. The van der Waals surface area contributed by atoms with Gasteiger partial charge in [-0.05, 0) is 26.0 Å². The van der Waals surface area contributed by atoms with Crippen molar-refractivity contribution in [2.24, 2.45) is 0 Å². The number of amides is 1. The molecule has 5 heteroatoms. The highest BCUT2D eigenvalue weighted by atomic mass is 16.5. The van der Waals surface area contributed by atoms with Gasteiger partial charge in [-0.25, -0.2) is 4.79 Å². The number of hydrogen-bond donors (Lipinski definition) is 1. The molecule has 19 heavy (non-hydrogen) atoms. The lowest BCUT2D eigenvalue weighted by Crippen LogP contribution is -2.38. The summed E-state index contributed by atoms with van der Waals surface area (Å²) in [7, 11) is 0. The molecule has 1 aromatic carbocycles. The molecule has 0 atom stereocenters. The van der Waals surface area contributed by atoms with E-state index in [0.717, 1.165) is 0 Å². The Labute approximate surface area is 111 Å². The highest BCUT2D eigenvalue weighted by Gasteiger charge is 2.25. The minimum absolute atomic E-state index is 0.0639. The molecule has 2 rings (SSSR count). The zero-order chi connectivity index (χ0) is 14.0. The number of rotatable bonds is 2. The average Bonchev–Trinajstić information content (AvgIpc) is 2.44. The van der Waals surface area contributed by atoms with E-state index in [0.29, 0.717) is 24.6 Å². The van der Waals surface area contributed by atoms with Crippen LogP contribution < -0.4 is 9.64 Å². The van der Waals surface area contributed by atoms with E-state index >= 15 is 0 Å². The molecule has 0 fully saturated rings. The topological polar surface area (TPSA) is 66.8 Å². The molecule has 0 bridgehead atoms. The first-order valence-corrected chi connectivity index (χ1v) is 5.97. The molecular weight excluding hydrogens is 246 g/mol. The monoisotopic (exact) mass is 261 g/mol. The lowest BCUT2D eigenvalue weighted by molar-refractivity contribution is -0.133. The van der Waals surface area contributed by atoms with E-state index in [9.17, 15) is 9.59 Å². The van der Waals surface area contributed by atoms with Gasteiger partial charge in [-0.3, -0.25) is 4.79 Å². The van der Waals surface area contributed by atoms with Crippen molar-refractivity contribution < 1.29 is 19.4 Å². The maximum absolute atomic E-state index is 12.4. The normalized spacial score (nSPS) is 15.2. The van der Waals surface area contributed by atoms with Crippen molar-refractivity contribution in [3.8, 4) is 5.75 Å². The molecule has 1 aliphatic heterocycles. The summed E-state index contributed by atoms with van der Waals surface area (Å²) >= 11 is 0. The Balaban J connectivity index is 2.37. The van der Waals surface area contributed by atoms with E-state index in [1.165, 1.54) is 13.8 Å². The molecule has 1 amide bonds. The van der Waals surface area contributed by atoms with Crippen molar-refractivity contribution in [1.29, 1.82) is 0 Å². The largest absolute Gasteiger partial charge is 0.490 e. The molecule has 5 nitrogen and oxygen atoms in total. The van der Waals surface area contributed by atoms with E-state index in [-0.39, 0.29) is 17.1 Å². The highest BCUT2D eigenvalue weighted by molar-refractivity contribution is 6.10. The summed E-state index contributed by atoms with van der Waals surface area (Å²) in [5, 5.41) is 8.94. The number of benzene rings is 1. The number of hydrogen-bond acceptors (Lipinski definition) is 3. The van der Waals surface area contributed by atoms with Gasteiger partial charge in [0.05, 0.1) is 12.2 Å². The van der Waals surface area contributed by atoms with Gasteiger partial charge in [0.2, 0.25) is 0 Å². The second-order valence-electron chi connectivity index (χ2n) is 4.33. The number of anilines is 1. The first kappa shape index (κ1) is 13.1. The smallest absolute Gasteiger partial charge is 0.331 e. The van der Waals surface area contributed by atoms with E-state index in [1.54, 1.807) is 17.0 Å². The number of fused-ring (bicyclic) bond motifs is 1. The van der Waals surface area contributed by atoms with Gasteiger partial charge in [0, 0.05) is 11.1 Å². The van der Waals surface area contributed by atoms with Crippen LogP contribution in [0, 0.1) is 0 Å². The Morgan fingerprint density at radius 3 is 2.58 bits per heavy atom. The summed E-state index contributed by atoms with van der Waals surface area (Å²) < 4.78 is 5.47. The van der Waals surface area contributed by atoms with Crippen molar-refractivity contribution in [2.75, 3.05) is 18.1 Å². The van der Waals surface area contributed by atoms with Gasteiger partial charge in [-0.15, -0.1) is 0 Å². The van der Waals surface area contributed by atoms with E-state index in [2.05, 4.69) is 0 Å². The minimum Gasteiger partial charge on any atom is -0.490 e. The Morgan fingerprint density at radius 1 is 1.21 bits per heavy atom. The molecule has 0 aromatic heterocycles. The summed E-state index contributed by atoms with van der Waals surface area (Å²) in [6, 6.07) is 7.22. The molecule has 1 N–H and O–H groups in total. The van der Waals surface area contributed by atoms with Crippen molar-refractivity contribution in [3.05, 3.63) is 35.4 Å². The van der Waals surface area contributed by atoms with Crippen LogP contribution in [-0.2, 0) is 9.59 Å². The third kappa shape index (κ3) is 2.45. The first-order valence-electron chi connectivity index (χ1n) is 5.97. The number of aliphatic carboxylic acids is 1. The van der Waals surface area contributed by atoms with Gasteiger partial charge in [-0.1, -0.05) is 12.1 Å². The van der Waals surface area contributed by atoms with Crippen LogP contribution in [0.1, 0.15) is 13.8 Å². The summed E-state index contributed by atoms with van der Waals surface area (Å²) in [4.78, 5) is 24.8. The van der Waals surface area contributed by atoms with E-state index in [1.807, 2.05) is 12.1 Å². The highest BCUT2D eigenvalue weighted by Crippen LogP contribution is 2.32. The zero-order valence-electron chi connectivity index (χ0n) is 10.8. The van der Waals surface area contributed by atoms with Gasteiger partial charge in [0.15, 0.2) is 0 Å². The molecule has 1 aromatic rings. The van der Waals surface area contributed by atoms with Crippen molar-refractivity contribution in [1.82, 2.24) is 0 Å². The average molecular weight is 261 g/mol. The van der Waals surface area contributed by atoms with Crippen molar-refractivity contribution in [2.45, 2.75) is 13.8 Å². The Hall–Kier alpha value is -2.30. The number of ether oxygens (including phenoxy) is 1. The van der Waals surface area contributed by atoms with E-state index in [4.69, 9.17) is 9.84 Å². The molecule has 100 valence electrons. The van der Waals surface area contributed by atoms with Gasteiger partial charge < -0.3 is 14.7 Å². The zero-order valence-corrected chi connectivity index (χ0v) is 10.8. The number of nitrogens with zero attached hydrogens (tertiary/aromatic N) is 1. The molecule has 1 aliphatic rings. The minimum atomic E-state index is -1.08. The molecule has 0 aliphatic carbocycles. The molecule has 0 spiro atoms. The van der Waals surface area contributed by atoms with E-state index < -0.39 is 5.97 Å². The van der Waals surface area contributed by atoms with Crippen LogP contribution in [0.2, 0.25) is 0 Å². The van der Waals surface area contributed by atoms with Crippen LogP contribution in [-0.4, -0.2) is 30.1 Å². The van der Waals surface area contributed by atoms with Crippen LogP contribution in [0.15, 0.2) is 35.4 Å². The SMILES string of the molecule is CC(C(=O)O)=C(C)C(=O)N1CCOc2ccccc21. The molecule has 0 unspecified atom stereocenters. The maximum Gasteiger partial charge on any atom is 0.331 e. The Kier molecular flexibility index (Phi) is 3.55. The van der Waals surface area contributed by atoms with Gasteiger partial charge in [-0.2, -0.15) is 0 Å². The second kappa shape index (κ2) is 5.14. The second-order valence-corrected chi connectivity index (χ2v) is 4.33. The number of carboxylic acid groups (broad SMARTS) is 1. The fourth-order valence-corrected chi connectivity index (χ4v) is 1.90. The van der Waals surface area contributed by atoms with Crippen LogP contribution in [0.5, 0.6) is 5.75 Å². The van der Waals surface area contributed by atoms with Crippen LogP contribution in [0.25, 0.3) is 0 Å². The number of carbonyl (C=O) groups is 2. The summed E-state index contributed by atoms with van der Waals surface area (Å²) in [5.41, 5.74) is 0.981. The quantitative estimate of drug-likeness (QED) is 0.825. The Morgan fingerprint density at radius 2 is 1.89 bits per heavy atom. The number of carboxylic acids is 1. The predicted octanol–water partition coefficient (Wildman–Crippen LogP) is 1.83. The molecular formula is C14H15NO4. The molecule has 0 saturated carbocycles. The Bertz CT molecular complexity index is 562. The van der Waals surface area contributed by atoms with Crippen LogP contribution in [0.3, 0.4) is 0 Å².